The number of likely N-dealkylation sites (tertiary alicyclic amines) is 1. The van der Waals surface area contributed by atoms with Gasteiger partial charge < -0.3 is 14.4 Å². The summed E-state index contributed by atoms with van der Waals surface area (Å²) >= 11 is 0. The molecule has 1 saturated heterocycles. The van der Waals surface area contributed by atoms with Crippen molar-refractivity contribution in [2.75, 3.05) is 13.1 Å². The van der Waals surface area contributed by atoms with Crippen molar-refractivity contribution < 1.29 is 14.3 Å². The van der Waals surface area contributed by atoms with Crippen LogP contribution in [0.15, 0.2) is 24.5 Å². The van der Waals surface area contributed by atoms with Crippen molar-refractivity contribution in [3.63, 3.8) is 0 Å². The normalized spacial score (nSPS) is 16.4. The smallest absolute Gasteiger partial charge is 0.304 e. The summed E-state index contributed by atoms with van der Waals surface area (Å²) in [6, 6.07) is 6.34. The number of fused-ring (bicyclic) bond motifs is 1. The zero-order valence-corrected chi connectivity index (χ0v) is 17.2. The molecule has 8 heteroatoms. The van der Waals surface area contributed by atoms with Crippen molar-refractivity contribution >= 4 is 17.1 Å². The van der Waals surface area contributed by atoms with Gasteiger partial charge in [0.05, 0.1) is 6.54 Å². The number of ether oxygens (including phenoxy) is 2. The maximum Gasteiger partial charge on any atom is 0.304 e. The fourth-order valence-electron chi connectivity index (χ4n) is 3.50. The van der Waals surface area contributed by atoms with Crippen LogP contribution in [-0.2, 0) is 11.8 Å². The number of nitrogens with zero attached hydrogens (tertiary/aromatic N) is 5. The molecule has 1 amide bonds. The highest BCUT2D eigenvalue weighted by atomic mass is 16.5. The summed E-state index contributed by atoms with van der Waals surface area (Å²) in [6.07, 6.45) is 2.64. The third kappa shape index (κ3) is 3.62. The van der Waals surface area contributed by atoms with Gasteiger partial charge >= 0.3 is 6.01 Å². The molecule has 1 aromatic carbocycles. The minimum absolute atomic E-state index is 0.103. The van der Waals surface area contributed by atoms with E-state index in [9.17, 15) is 4.79 Å². The molecule has 3 aromatic rings. The molecule has 0 saturated carbocycles. The maximum atomic E-state index is 11.9. The number of hydrogen-bond donors (Lipinski definition) is 0. The second-order valence-electron chi connectivity index (χ2n) is 7.33. The summed E-state index contributed by atoms with van der Waals surface area (Å²) in [5.74, 6) is 1.31. The number of carbonyl (C=O) groups excluding carboxylic acids is 1. The molecule has 0 spiro atoms. The second-order valence-corrected chi connectivity index (χ2v) is 7.33. The Hall–Kier alpha value is -3.16. The molecule has 0 unspecified atom stereocenters. The lowest BCUT2D eigenvalue weighted by atomic mass is 10.1. The highest BCUT2D eigenvalue weighted by Gasteiger charge is 2.28. The van der Waals surface area contributed by atoms with Crippen LogP contribution in [0.1, 0.15) is 30.9 Å². The van der Waals surface area contributed by atoms with E-state index >= 15 is 0 Å². The first-order valence-electron chi connectivity index (χ1n) is 9.83. The van der Waals surface area contributed by atoms with E-state index in [0.717, 1.165) is 23.3 Å². The predicted molar refractivity (Wildman–Crippen MR) is 108 cm³/mol. The predicted octanol–water partition coefficient (Wildman–Crippen LogP) is 3.16. The molecule has 0 N–H and O–H groups in total. The molecule has 1 aliphatic rings. The molecule has 4 rings (SSSR count). The molecule has 0 bridgehead atoms. The van der Waals surface area contributed by atoms with E-state index < -0.39 is 0 Å². The van der Waals surface area contributed by atoms with Crippen LogP contribution in [0.5, 0.6) is 17.6 Å². The van der Waals surface area contributed by atoms with E-state index in [2.05, 4.69) is 15.0 Å². The average molecular weight is 395 g/mol. The van der Waals surface area contributed by atoms with Crippen LogP contribution in [-0.4, -0.2) is 49.5 Å². The number of imidazole rings is 1. The minimum Gasteiger partial charge on any atom is -0.471 e. The molecule has 1 atom stereocenters. The molecule has 3 heterocycles. The topological polar surface area (TPSA) is 82.4 Å². The first-order valence-corrected chi connectivity index (χ1v) is 9.83. The van der Waals surface area contributed by atoms with Crippen LogP contribution in [0, 0.1) is 13.8 Å². The van der Waals surface area contributed by atoms with Gasteiger partial charge in [-0.1, -0.05) is 19.1 Å². The van der Waals surface area contributed by atoms with Crippen LogP contribution in [0.4, 0.5) is 0 Å². The van der Waals surface area contributed by atoms with Gasteiger partial charge in [-0.25, -0.2) is 4.98 Å². The molecule has 1 aliphatic heterocycles. The van der Waals surface area contributed by atoms with Crippen molar-refractivity contribution in [3.8, 4) is 17.6 Å². The van der Waals surface area contributed by atoms with E-state index in [4.69, 9.17) is 9.47 Å². The summed E-state index contributed by atoms with van der Waals surface area (Å²) in [6.45, 7) is 7.20. The molecule has 2 aromatic heterocycles. The lowest BCUT2D eigenvalue weighted by Gasteiger charge is -2.16. The Labute approximate surface area is 169 Å². The molecule has 152 valence electrons. The zero-order chi connectivity index (χ0) is 20.5. The first kappa shape index (κ1) is 19.2. The SMILES string of the molecule is CCC(=O)N1CC[C@H](Oc2ncnc3c2nc(Oc2cccc(C)c2C)n3C)C1. The number of benzene rings is 1. The highest BCUT2D eigenvalue weighted by molar-refractivity contribution is 5.78. The van der Waals surface area contributed by atoms with Crippen LogP contribution < -0.4 is 9.47 Å². The maximum absolute atomic E-state index is 11.9. The summed E-state index contributed by atoms with van der Waals surface area (Å²) in [5.41, 5.74) is 3.40. The van der Waals surface area contributed by atoms with Gasteiger partial charge in [0.2, 0.25) is 11.8 Å². The highest BCUT2D eigenvalue weighted by Crippen LogP contribution is 2.31. The standard InChI is InChI=1S/C21H25N5O3/c1-5-17(27)26-10-9-15(11-26)28-20-18-19(22-12-23-20)25(4)21(24-18)29-16-8-6-7-13(2)14(16)3/h6-8,12,15H,5,9-11H2,1-4H3/t15-/m0/s1. The zero-order valence-electron chi connectivity index (χ0n) is 17.2. The summed E-state index contributed by atoms with van der Waals surface area (Å²) < 4.78 is 14.0. The average Bonchev–Trinajstić information content (AvgIpc) is 3.31. The number of hydrogen-bond acceptors (Lipinski definition) is 6. The van der Waals surface area contributed by atoms with Crippen molar-refractivity contribution in [1.29, 1.82) is 0 Å². The van der Waals surface area contributed by atoms with Gasteiger partial charge in [0.15, 0.2) is 11.2 Å². The summed E-state index contributed by atoms with van der Waals surface area (Å²) in [4.78, 5) is 27.0. The quantitative estimate of drug-likeness (QED) is 0.660. The number of carbonyl (C=O) groups is 1. The van der Waals surface area contributed by atoms with Gasteiger partial charge in [0.1, 0.15) is 18.2 Å². The molecule has 1 fully saturated rings. The Morgan fingerprint density at radius 3 is 2.90 bits per heavy atom. The van der Waals surface area contributed by atoms with Crippen LogP contribution in [0.3, 0.4) is 0 Å². The van der Waals surface area contributed by atoms with Gasteiger partial charge in [0.25, 0.3) is 0 Å². The van der Waals surface area contributed by atoms with E-state index in [1.54, 1.807) is 4.57 Å². The van der Waals surface area contributed by atoms with E-state index in [-0.39, 0.29) is 12.0 Å². The summed E-state index contributed by atoms with van der Waals surface area (Å²) in [5, 5.41) is 0. The van der Waals surface area contributed by atoms with Crippen molar-refractivity contribution in [2.24, 2.45) is 7.05 Å². The Morgan fingerprint density at radius 1 is 1.28 bits per heavy atom. The van der Waals surface area contributed by atoms with Gasteiger partial charge in [-0.15, -0.1) is 0 Å². The molecule has 29 heavy (non-hydrogen) atoms. The Kier molecular flexibility index (Phi) is 5.08. The Balaban J connectivity index is 1.60. The molecular formula is C21H25N5O3. The third-order valence-corrected chi connectivity index (χ3v) is 5.42. The van der Waals surface area contributed by atoms with Crippen LogP contribution in [0.2, 0.25) is 0 Å². The number of amides is 1. The van der Waals surface area contributed by atoms with E-state index in [1.165, 1.54) is 6.33 Å². The van der Waals surface area contributed by atoms with Gasteiger partial charge in [0, 0.05) is 26.4 Å². The van der Waals surface area contributed by atoms with Gasteiger partial charge in [-0.3, -0.25) is 9.36 Å². The lowest BCUT2D eigenvalue weighted by Crippen LogP contribution is -2.30. The Bertz CT molecular complexity index is 1060. The van der Waals surface area contributed by atoms with Crippen LogP contribution >= 0.6 is 0 Å². The van der Waals surface area contributed by atoms with E-state index in [0.29, 0.717) is 42.6 Å². The van der Waals surface area contributed by atoms with Crippen molar-refractivity contribution in [1.82, 2.24) is 24.4 Å². The molecule has 8 nitrogen and oxygen atoms in total. The van der Waals surface area contributed by atoms with Crippen LogP contribution in [0.25, 0.3) is 11.2 Å². The number of aromatic nitrogens is 4. The monoisotopic (exact) mass is 395 g/mol. The van der Waals surface area contributed by atoms with Gasteiger partial charge in [-0.05, 0) is 31.0 Å². The first-order chi connectivity index (χ1) is 14.0. The summed E-state index contributed by atoms with van der Waals surface area (Å²) in [7, 11) is 1.85. The minimum atomic E-state index is -0.103. The fraction of sp³-hybridized carbons (Fsp3) is 0.429. The van der Waals surface area contributed by atoms with E-state index in [1.807, 2.05) is 50.9 Å². The fourth-order valence-corrected chi connectivity index (χ4v) is 3.50. The number of rotatable bonds is 5. The van der Waals surface area contributed by atoms with Gasteiger partial charge in [-0.2, -0.15) is 9.97 Å². The largest absolute Gasteiger partial charge is 0.471 e. The second kappa shape index (κ2) is 7.69. The molecule has 0 aliphatic carbocycles. The van der Waals surface area contributed by atoms with Crippen molar-refractivity contribution in [3.05, 3.63) is 35.7 Å². The molecular weight excluding hydrogens is 370 g/mol. The third-order valence-electron chi connectivity index (χ3n) is 5.42. The van der Waals surface area contributed by atoms with Crippen molar-refractivity contribution in [2.45, 2.75) is 39.7 Å². The Morgan fingerprint density at radius 2 is 2.10 bits per heavy atom. The lowest BCUT2D eigenvalue weighted by molar-refractivity contribution is -0.130. The number of aryl methyl sites for hydroxylation is 2. The molecule has 0 radical (unpaired) electrons.